The molecule has 0 atom stereocenters. The fourth-order valence-electron chi connectivity index (χ4n) is 0.725. The standard InChI is InChI=1S/C5H3IN4OS/c1-2-3(12-10-7-2)4-8-9-5(6)11-4/h1H3. The third-order valence-electron chi connectivity index (χ3n) is 1.25. The van der Waals surface area contributed by atoms with E-state index in [0.717, 1.165) is 10.6 Å². The Bertz CT molecular complexity index is 398. The van der Waals surface area contributed by atoms with E-state index in [0.29, 0.717) is 9.79 Å². The molecule has 5 nitrogen and oxygen atoms in total. The van der Waals surface area contributed by atoms with Gasteiger partial charge < -0.3 is 4.42 Å². The predicted molar refractivity (Wildman–Crippen MR) is 50.7 cm³/mol. The lowest BCUT2D eigenvalue weighted by Gasteiger charge is -1.84. The molecule has 62 valence electrons. The second kappa shape index (κ2) is 3.05. The van der Waals surface area contributed by atoms with Crippen LogP contribution in [0.2, 0.25) is 0 Å². The third-order valence-corrected chi connectivity index (χ3v) is 2.50. The van der Waals surface area contributed by atoms with Crippen LogP contribution in [0.1, 0.15) is 5.69 Å². The fourth-order valence-corrected chi connectivity index (χ4v) is 1.62. The Balaban J connectivity index is 2.50. The van der Waals surface area contributed by atoms with Gasteiger partial charge in [-0.3, -0.25) is 0 Å². The molecule has 0 aromatic carbocycles. The van der Waals surface area contributed by atoms with E-state index in [1.165, 1.54) is 11.5 Å². The molecule has 0 unspecified atom stereocenters. The topological polar surface area (TPSA) is 64.7 Å². The lowest BCUT2D eigenvalue weighted by molar-refractivity contribution is 0.537. The zero-order valence-electron chi connectivity index (χ0n) is 5.98. The maximum absolute atomic E-state index is 5.20. The van der Waals surface area contributed by atoms with Crippen molar-refractivity contribution in [2.75, 3.05) is 0 Å². The highest BCUT2D eigenvalue weighted by molar-refractivity contribution is 14.1. The Morgan fingerprint density at radius 2 is 2.17 bits per heavy atom. The van der Waals surface area contributed by atoms with Crippen LogP contribution in [-0.2, 0) is 0 Å². The molecule has 2 rings (SSSR count). The van der Waals surface area contributed by atoms with Crippen molar-refractivity contribution in [3.05, 3.63) is 9.59 Å². The van der Waals surface area contributed by atoms with Crippen molar-refractivity contribution in [3.8, 4) is 10.8 Å². The normalized spacial score (nSPS) is 10.5. The number of hydrogen-bond acceptors (Lipinski definition) is 6. The number of halogens is 1. The summed E-state index contributed by atoms with van der Waals surface area (Å²) in [6, 6.07) is 0. The molecule has 0 amide bonds. The van der Waals surface area contributed by atoms with Crippen LogP contribution in [0.4, 0.5) is 0 Å². The Morgan fingerprint density at radius 3 is 2.67 bits per heavy atom. The van der Waals surface area contributed by atoms with Crippen molar-refractivity contribution >= 4 is 34.1 Å². The van der Waals surface area contributed by atoms with Crippen LogP contribution in [0.15, 0.2) is 4.42 Å². The molecule has 0 saturated heterocycles. The molecule has 2 aromatic heterocycles. The molecule has 0 spiro atoms. The van der Waals surface area contributed by atoms with E-state index in [1.807, 2.05) is 29.5 Å². The van der Waals surface area contributed by atoms with E-state index in [-0.39, 0.29) is 0 Å². The van der Waals surface area contributed by atoms with Gasteiger partial charge in [0.2, 0.25) is 0 Å². The van der Waals surface area contributed by atoms with Crippen molar-refractivity contribution in [2.45, 2.75) is 6.92 Å². The van der Waals surface area contributed by atoms with Crippen LogP contribution in [0.3, 0.4) is 0 Å². The van der Waals surface area contributed by atoms with Gasteiger partial charge in [-0.05, 0) is 18.5 Å². The number of rotatable bonds is 1. The Labute approximate surface area is 85.5 Å². The average molecular weight is 294 g/mol. The molecular weight excluding hydrogens is 291 g/mol. The molecule has 0 aliphatic heterocycles. The number of nitrogens with zero attached hydrogens (tertiary/aromatic N) is 4. The number of aryl methyl sites for hydroxylation is 1. The van der Waals surface area contributed by atoms with Gasteiger partial charge in [-0.1, -0.05) is 4.49 Å². The molecular formula is C5H3IN4OS. The molecule has 0 bridgehead atoms. The van der Waals surface area contributed by atoms with Gasteiger partial charge in [-0.25, -0.2) is 0 Å². The smallest absolute Gasteiger partial charge is 0.278 e. The van der Waals surface area contributed by atoms with Crippen LogP contribution >= 0.6 is 34.1 Å². The summed E-state index contributed by atoms with van der Waals surface area (Å²) in [7, 11) is 0. The molecule has 2 aromatic rings. The summed E-state index contributed by atoms with van der Waals surface area (Å²) in [5.41, 5.74) is 0.819. The van der Waals surface area contributed by atoms with E-state index in [2.05, 4.69) is 19.8 Å². The Hall–Kier alpha value is -0.570. The van der Waals surface area contributed by atoms with Crippen molar-refractivity contribution in [3.63, 3.8) is 0 Å². The quantitative estimate of drug-likeness (QED) is 0.746. The molecule has 0 aliphatic rings. The van der Waals surface area contributed by atoms with Gasteiger partial charge in [0.15, 0.2) is 0 Å². The van der Waals surface area contributed by atoms with Gasteiger partial charge in [0, 0.05) is 22.6 Å². The van der Waals surface area contributed by atoms with Crippen molar-refractivity contribution in [1.29, 1.82) is 0 Å². The van der Waals surface area contributed by atoms with Crippen LogP contribution in [-0.4, -0.2) is 19.8 Å². The van der Waals surface area contributed by atoms with E-state index in [9.17, 15) is 0 Å². The maximum Gasteiger partial charge on any atom is 0.278 e. The maximum atomic E-state index is 5.20. The Kier molecular flexibility index (Phi) is 2.05. The summed E-state index contributed by atoms with van der Waals surface area (Å²) in [5.74, 6) is 0.493. The van der Waals surface area contributed by atoms with Crippen molar-refractivity contribution in [1.82, 2.24) is 19.8 Å². The summed E-state index contributed by atoms with van der Waals surface area (Å²) >= 11 is 3.22. The third kappa shape index (κ3) is 1.33. The van der Waals surface area contributed by atoms with Crippen molar-refractivity contribution in [2.24, 2.45) is 0 Å². The number of hydrogen-bond donors (Lipinski definition) is 0. The first-order valence-corrected chi connectivity index (χ1v) is 4.91. The largest absolute Gasteiger partial charge is 0.411 e. The monoisotopic (exact) mass is 294 g/mol. The molecule has 7 heteroatoms. The molecule has 0 fully saturated rings. The molecule has 2 heterocycles. The van der Waals surface area contributed by atoms with Gasteiger partial charge in [-0.15, -0.1) is 15.3 Å². The van der Waals surface area contributed by atoms with Crippen LogP contribution < -0.4 is 0 Å². The van der Waals surface area contributed by atoms with Gasteiger partial charge in [-0.2, -0.15) is 0 Å². The highest BCUT2D eigenvalue weighted by Crippen LogP contribution is 2.23. The second-order valence-corrected chi connectivity index (χ2v) is 3.72. The summed E-state index contributed by atoms with van der Waals surface area (Å²) in [4.78, 5) is 0.838. The predicted octanol–water partition coefficient (Wildman–Crippen LogP) is 1.50. The van der Waals surface area contributed by atoms with Crippen LogP contribution in [0, 0.1) is 10.8 Å². The second-order valence-electron chi connectivity index (χ2n) is 2.05. The highest BCUT2D eigenvalue weighted by Gasteiger charge is 2.12. The fraction of sp³-hybridized carbons (Fsp3) is 0.200. The van der Waals surface area contributed by atoms with Gasteiger partial charge in [0.05, 0.1) is 5.69 Å². The lowest BCUT2D eigenvalue weighted by atomic mass is 10.4. The summed E-state index contributed by atoms with van der Waals surface area (Å²) in [5, 5.41) is 11.4. The summed E-state index contributed by atoms with van der Waals surface area (Å²) < 4.78 is 9.50. The van der Waals surface area contributed by atoms with E-state index in [4.69, 9.17) is 4.42 Å². The molecule has 0 N–H and O–H groups in total. The average Bonchev–Trinajstić information content (AvgIpc) is 2.58. The van der Waals surface area contributed by atoms with E-state index >= 15 is 0 Å². The Morgan fingerprint density at radius 1 is 1.33 bits per heavy atom. The zero-order chi connectivity index (χ0) is 8.55. The van der Waals surface area contributed by atoms with E-state index in [1.54, 1.807) is 0 Å². The summed E-state index contributed by atoms with van der Waals surface area (Å²) in [6.45, 7) is 1.86. The first kappa shape index (κ1) is 8.05. The summed E-state index contributed by atoms with van der Waals surface area (Å²) in [6.07, 6.45) is 0. The zero-order valence-corrected chi connectivity index (χ0v) is 8.96. The minimum Gasteiger partial charge on any atom is -0.411 e. The molecule has 0 radical (unpaired) electrons. The van der Waals surface area contributed by atoms with E-state index < -0.39 is 0 Å². The first-order valence-electron chi connectivity index (χ1n) is 3.05. The van der Waals surface area contributed by atoms with Crippen LogP contribution in [0.5, 0.6) is 0 Å². The number of aromatic nitrogens is 4. The minimum atomic E-state index is 0.493. The van der Waals surface area contributed by atoms with Crippen LogP contribution in [0.25, 0.3) is 10.8 Å². The van der Waals surface area contributed by atoms with Gasteiger partial charge in [0.1, 0.15) is 4.88 Å². The van der Waals surface area contributed by atoms with Gasteiger partial charge >= 0.3 is 0 Å². The molecule has 12 heavy (non-hydrogen) atoms. The van der Waals surface area contributed by atoms with Crippen molar-refractivity contribution < 1.29 is 4.42 Å². The highest BCUT2D eigenvalue weighted by atomic mass is 127. The SMILES string of the molecule is Cc1nnsc1-c1nnc(I)o1. The molecule has 0 aliphatic carbocycles. The van der Waals surface area contributed by atoms with Gasteiger partial charge in [0.25, 0.3) is 9.79 Å². The minimum absolute atomic E-state index is 0.493. The lowest BCUT2D eigenvalue weighted by Crippen LogP contribution is -1.77. The first-order chi connectivity index (χ1) is 5.77. The molecule has 0 saturated carbocycles.